The number of benzene rings is 8. The Morgan fingerprint density at radius 2 is 1.12 bits per heavy atom. The maximum atomic E-state index is 9.88. The van der Waals surface area contributed by atoms with Crippen LogP contribution in [0.15, 0.2) is 162 Å². The SMILES string of the molecule is [2H]c1c([2H])c([2H])c2c(-c3cccc4c3ccc3ccccc34)c3c([2H])c([2H])c(-c4ccccc4)c([2H])c3c(-c3cccc4occc34)c2c1[2H]. The van der Waals surface area contributed by atoms with Crippen molar-refractivity contribution in [3.8, 4) is 33.4 Å². The molecule has 0 N–H and O–H groups in total. The van der Waals surface area contributed by atoms with E-state index < -0.39 is 12.1 Å². The standard InChI is InChI=1S/C42H26O/c1-2-10-27(11-3-1)29-21-23-38-39(26-29)42(35-18-9-19-40-33(35)24-25-43-40)37-15-7-6-14-36(37)41(38)34-17-8-16-31-30-13-5-4-12-28(30)20-22-32(31)34/h1-26H/i6D,7D,14D,15D,21D,23D,26D. The molecule has 1 heterocycles. The van der Waals surface area contributed by atoms with Gasteiger partial charge < -0.3 is 4.42 Å². The molecule has 0 bridgehead atoms. The van der Waals surface area contributed by atoms with Gasteiger partial charge in [0.1, 0.15) is 5.58 Å². The summed E-state index contributed by atoms with van der Waals surface area (Å²) in [6.07, 6.45) is 1.57. The third kappa shape index (κ3) is 3.65. The average Bonchev–Trinajstić information content (AvgIpc) is 3.64. The lowest BCUT2D eigenvalue weighted by Crippen LogP contribution is -1.93. The van der Waals surface area contributed by atoms with Gasteiger partial charge in [-0.25, -0.2) is 0 Å². The highest BCUT2D eigenvalue weighted by molar-refractivity contribution is 6.26. The second-order valence-electron chi connectivity index (χ2n) is 10.7. The fourth-order valence-corrected chi connectivity index (χ4v) is 6.48. The Morgan fingerprint density at radius 3 is 1.98 bits per heavy atom. The Balaban J connectivity index is 1.62. The molecule has 43 heavy (non-hydrogen) atoms. The van der Waals surface area contributed by atoms with Crippen LogP contribution in [0, 0.1) is 0 Å². The van der Waals surface area contributed by atoms with Crippen LogP contribution in [0.4, 0.5) is 0 Å². The van der Waals surface area contributed by atoms with E-state index in [1.165, 1.54) is 0 Å². The van der Waals surface area contributed by atoms with E-state index in [0.29, 0.717) is 44.2 Å². The largest absolute Gasteiger partial charge is 0.464 e. The molecule has 0 unspecified atom stereocenters. The Hall–Kier alpha value is -5.66. The molecular weight excluding hydrogens is 520 g/mol. The lowest BCUT2D eigenvalue weighted by molar-refractivity contribution is 0.616. The predicted molar refractivity (Wildman–Crippen MR) is 183 cm³/mol. The van der Waals surface area contributed by atoms with Crippen molar-refractivity contribution in [1.29, 1.82) is 0 Å². The summed E-state index contributed by atoms with van der Waals surface area (Å²) >= 11 is 0. The summed E-state index contributed by atoms with van der Waals surface area (Å²) in [5.74, 6) is 0. The third-order valence-corrected chi connectivity index (χ3v) is 8.38. The monoisotopic (exact) mass is 553 g/mol. The van der Waals surface area contributed by atoms with Gasteiger partial charge in [0.25, 0.3) is 0 Å². The Kier molecular flexibility index (Phi) is 3.95. The summed E-state index contributed by atoms with van der Waals surface area (Å²) in [6, 6.07) is 32.8. The quantitative estimate of drug-likeness (QED) is 0.157. The Labute approximate surface area is 259 Å². The van der Waals surface area contributed by atoms with Crippen LogP contribution < -0.4 is 0 Å². The van der Waals surface area contributed by atoms with Crippen molar-refractivity contribution in [2.75, 3.05) is 0 Å². The van der Waals surface area contributed by atoms with Crippen molar-refractivity contribution in [3.63, 3.8) is 0 Å². The third-order valence-electron chi connectivity index (χ3n) is 8.38. The van der Waals surface area contributed by atoms with Gasteiger partial charge in [0.15, 0.2) is 0 Å². The van der Waals surface area contributed by atoms with Gasteiger partial charge in [0.05, 0.1) is 15.9 Å². The number of rotatable bonds is 3. The molecular formula is C42H26O. The van der Waals surface area contributed by atoms with Crippen molar-refractivity contribution < 1.29 is 14.0 Å². The molecule has 0 saturated carbocycles. The van der Waals surface area contributed by atoms with Crippen molar-refractivity contribution in [2.24, 2.45) is 0 Å². The van der Waals surface area contributed by atoms with Crippen molar-refractivity contribution >= 4 is 54.1 Å². The van der Waals surface area contributed by atoms with E-state index in [4.69, 9.17) is 7.16 Å². The molecule has 0 atom stereocenters. The molecule has 9 aromatic rings. The second-order valence-corrected chi connectivity index (χ2v) is 10.7. The molecule has 0 amide bonds. The van der Waals surface area contributed by atoms with Crippen molar-refractivity contribution in [2.45, 2.75) is 0 Å². The first-order valence-corrected chi connectivity index (χ1v) is 14.2. The molecule has 9 rings (SSSR count). The number of fused-ring (bicyclic) bond motifs is 6. The molecule has 0 radical (unpaired) electrons. The van der Waals surface area contributed by atoms with Gasteiger partial charge >= 0.3 is 0 Å². The van der Waals surface area contributed by atoms with Gasteiger partial charge in [-0.2, -0.15) is 0 Å². The van der Waals surface area contributed by atoms with E-state index in [0.717, 1.165) is 21.5 Å². The van der Waals surface area contributed by atoms with Crippen LogP contribution >= 0.6 is 0 Å². The van der Waals surface area contributed by atoms with E-state index in [1.807, 2.05) is 103 Å². The summed E-state index contributed by atoms with van der Waals surface area (Å²) < 4.78 is 71.3. The van der Waals surface area contributed by atoms with Gasteiger partial charge in [-0.05, 0) is 94.6 Å². The molecule has 0 spiro atoms. The summed E-state index contributed by atoms with van der Waals surface area (Å²) in [5, 5.41) is 5.65. The molecule has 0 aliphatic rings. The maximum absolute atomic E-state index is 9.88. The van der Waals surface area contributed by atoms with Gasteiger partial charge in [0.2, 0.25) is 0 Å². The van der Waals surface area contributed by atoms with E-state index in [9.17, 15) is 6.85 Å². The van der Waals surface area contributed by atoms with Crippen LogP contribution in [-0.2, 0) is 0 Å². The van der Waals surface area contributed by atoms with Gasteiger partial charge in [-0.15, -0.1) is 0 Å². The topological polar surface area (TPSA) is 13.1 Å². The van der Waals surface area contributed by atoms with Crippen LogP contribution in [0.2, 0.25) is 0 Å². The van der Waals surface area contributed by atoms with Crippen molar-refractivity contribution in [1.82, 2.24) is 0 Å². The fourth-order valence-electron chi connectivity index (χ4n) is 6.48. The van der Waals surface area contributed by atoms with Gasteiger partial charge in [0, 0.05) is 5.39 Å². The van der Waals surface area contributed by atoms with Crippen LogP contribution in [0.25, 0.3) is 87.4 Å². The van der Waals surface area contributed by atoms with E-state index in [-0.39, 0.29) is 51.9 Å². The van der Waals surface area contributed by atoms with Crippen LogP contribution in [0.5, 0.6) is 0 Å². The smallest absolute Gasteiger partial charge is 0.134 e. The zero-order valence-corrected chi connectivity index (χ0v) is 22.9. The van der Waals surface area contributed by atoms with Gasteiger partial charge in [-0.3, -0.25) is 0 Å². The Morgan fingerprint density at radius 1 is 0.419 bits per heavy atom. The highest BCUT2D eigenvalue weighted by Gasteiger charge is 2.20. The maximum Gasteiger partial charge on any atom is 0.134 e. The lowest BCUT2D eigenvalue weighted by Gasteiger charge is -2.20. The first-order chi connectivity index (χ1) is 24.3. The molecule has 0 saturated heterocycles. The van der Waals surface area contributed by atoms with E-state index >= 15 is 0 Å². The molecule has 1 nitrogen and oxygen atoms in total. The summed E-state index contributed by atoms with van der Waals surface area (Å²) in [7, 11) is 0. The average molecular weight is 554 g/mol. The summed E-state index contributed by atoms with van der Waals surface area (Å²) in [6.45, 7) is 0. The second kappa shape index (κ2) is 9.44. The molecule has 1 aromatic heterocycles. The zero-order valence-electron chi connectivity index (χ0n) is 29.9. The molecule has 1 heteroatoms. The molecule has 8 aromatic carbocycles. The zero-order chi connectivity index (χ0) is 34.4. The lowest BCUT2D eigenvalue weighted by atomic mass is 9.83. The molecule has 0 aliphatic carbocycles. The first kappa shape index (κ1) is 18.0. The predicted octanol–water partition coefficient (Wildman–Crippen LogP) is 12.0. The Bertz CT molecular complexity index is 2870. The van der Waals surface area contributed by atoms with Crippen LogP contribution in [-0.4, -0.2) is 0 Å². The van der Waals surface area contributed by atoms with Crippen molar-refractivity contribution in [3.05, 3.63) is 158 Å². The summed E-state index contributed by atoms with van der Waals surface area (Å²) in [4.78, 5) is 0. The highest BCUT2D eigenvalue weighted by atomic mass is 16.3. The van der Waals surface area contributed by atoms with Crippen LogP contribution in [0.1, 0.15) is 9.60 Å². The summed E-state index contributed by atoms with van der Waals surface area (Å²) in [5.41, 5.74) is 3.53. The number of hydrogen-bond donors (Lipinski definition) is 0. The highest BCUT2D eigenvalue weighted by Crippen LogP contribution is 2.48. The number of hydrogen-bond acceptors (Lipinski definition) is 1. The number of furan rings is 1. The minimum atomic E-state index is -0.397. The first-order valence-electron chi connectivity index (χ1n) is 17.7. The minimum Gasteiger partial charge on any atom is -0.464 e. The minimum absolute atomic E-state index is 0.00365. The normalized spacial score (nSPS) is 14.0. The van der Waals surface area contributed by atoms with E-state index in [2.05, 4.69) is 0 Å². The van der Waals surface area contributed by atoms with Crippen LogP contribution in [0.3, 0.4) is 0 Å². The molecule has 0 aliphatic heterocycles. The molecule has 200 valence electrons. The molecule has 0 fully saturated rings. The van der Waals surface area contributed by atoms with E-state index in [1.54, 1.807) is 12.3 Å². The van der Waals surface area contributed by atoms with Gasteiger partial charge in [-0.1, -0.05) is 133 Å². The fraction of sp³-hybridized carbons (Fsp3) is 0.